The zero-order valence-electron chi connectivity index (χ0n) is 17.0. The van der Waals surface area contributed by atoms with Crippen LogP contribution in [0.4, 0.5) is 5.13 Å². The number of rotatable bonds is 6. The summed E-state index contributed by atoms with van der Waals surface area (Å²) in [4.78, 5) is 58.8. The van der Waals surface area contributed by atoms with Crippen LogP contribution >= 0.6 is 34.9 Å². The number of aliphatic carboxylic acids is 1. The maximum absolute atomic E-state index is 12.8. The van der Waals surface area contributed by atoms with Crippen LogP contribution < -0.4 is 45.7 Å². The number of carbonyl (C=O) groups excluding carboxylic acids is 4. The van der Waals surface area contributed by atoms with Crippen LogP contribution in [0, 0.1) is 0 Å². The molecule has 2 fully saturated rings. The van der Waals surface area contributed by atoms with Crippen LogP contribution in [0.5, 0.6) is 0 Å². The number of hydrogen-bond acceptors (Lipinski definition) is 12. The summed E-state index contributed by atoms with van der Waals surface area (Å²) in [6.45, 7) is 0. The van der Waals surface area contributed by atoms with Gasteiger partial charge in [0.15, 0.2) is 16.0 Å². The Bertz CT molecular complexity index is 1040. The second-order valence-corrected chi connectivity index (χ2v) is 9.99. The van der Waals surface area contributed by atoms with Gasteiger partial charge in [0.25, 0.3) is 11.8 Å². The molecule has 4 rings (SSSR count). The van der Waals surface area contributed by atoms with E-state index < -0.39 is 29.2 Å². The van der Waals surface area contributed by atoms with Crippen molar-refractivity contribution in [2.45, 2.75) is 29.5 Å². The number of thioether (sulfide) groups is 2. The maximum Gasteiger partial charge on any atom is 1.00 e. The molecule has 15 heteroatoms. The van der Waals surface area contributed by atoms with Gasteiger partial charge in [-0.2, -0.15) is 0 Å². The average Bonchev–Trinajstić information content (AvgIpc) is 3.36. The number of amides is 2. The Hall–Kier alpha value is -1.58. The normalized spacial score (nSPS) is 25.1. The predicted octanol–water partition coefficient (Wildman–Crippen LogP) is -4.09. The van der Waals surface area contributed by atoms with Crippen LogP contribution in [-0.2, 0) is 24.0 Å². The first-order valence-corrected chi connectivity index (χ1v) is 11.8. The van der Waals surface area contributed by atoms with Crippen molar-refractivity contribution in [3.05, 3.63) is 22.3 Å². The Morgan fingerprint density at radius 3 is 2.72 bits per heavy atom. The minimum absolute atomic E-state index is 0. The average molecular weight is 506 g/mol. The Morgan fingerprint density at radius 2 is 2.16 bits per heavy atom. The third-order valence-corrected chi connectivity index (χ3v) is 8.16. The second-order valence-electron chi connectivity index (χ2n) is 6.73. The van der Waals surface area contributed by atoms with E-state index in [2.05, 4.69) is 15.5 Å². The Kier molecular flexibility index (Phi) is 7.93. The maximum atomic E-state index is 12.8. The van der Waals surface area contributed by atoms with E-state index in [-0.39, 0.29) is 62.2 Å². The number of nitrogens with one attached hydrogen (secondary N) is 1. The number of thiazole rings is 1. The van der Waals surface area contributed by atoms with Crippen molar-refractivity contribution in [3.63, 3.8) is 0 Å². The van der Waals surface area contributed by atoms with Gasteiger partial charge >= 0.3 is 29.6 Å². The Balaban J connectivity index is 0.00000289. The van der Waals surface area contributed by atoms with Gasteiger partial charge in [0.1, 0.15) is 24.2 Å². The van der Waals surface area contributed by atoms with Crippen LogP contribution in [0.2, 0.25) is 0 Å². The molecule has 3 N–H and O–H groups in total. The van der Waals surface area contributed by atoms with Crippen molar-refractivity contribution in [1.29, 1.82) is 0 Å². The minimum atomic E-state index is -1.47. The first-order chi connectivity index (χ1) is 14.8. The number of aromatic nitrogens is 1. The van der Waals surface area contributed by atoms with Crippen molar-refractivity contribution in [3.8, 4) is 0 Å². The van der Waals surface area contributed by atoms with Crippen molar-refractivity contribution in [1.82, 2.24) is 15.2 Å². The SMILES string of the molecule is CO/N=C(\C(=O)N[C@@H]1C(=O)N2C(C(=O)[O-])=C([C@H]3CCC(=O)S3)CS[C@H]12)c1csc(N)n1.[Na+]. The second kappa shape index (κ2) is 10.1. The van der Waals surface area contributed by atoms with Crippen molar-refractivity contribution in [2.75, 3.05) is 18.6 Å². The number of oxime groups is 1. The molecule has 3 aliphatic heterocycles. The number of fused-ring (bicyclic) bond motifs is 1. The molecule has 32 heavy (non-hydrogen) atoms. The van der Waals surface area contributed by atoms with Gasteiger partial charge in [-0.3, -0.25) is 19.3 Å². The molecule has 1 aromatic rings. The van der Waals surface area contributed by atoms with Gasteiger partial charge in [-0.15, -0.1) is 23.1 Å². The molecule has 3 aliphatic rings. The van der Waals surface area contributed by atoms with Crippen LogP contribution in [0.1, 0.15) is 18.5 Å². The van der Waals surface area contributed by atoms with Crippen LogP contribution in [0.3, 0.4) is 0 Å². The summed E-state index contributed by atoms with van der Waals surface area (Å²) < 4.78 is 0. The molecule has 11 nitrogen and oxygen atoms in total. The molecule has 0 radical (unpaired) electrons. The molecular formula is C17H16N5NaO6S3. The molecule has 4 heterocycles. The van der Waals surface area contributed by atoms with Crippen molar-refractivity contribution >= 4 is 68.6 Å². The molecule has 0 aliphatic carbocycles. The zero-order valence-corrected chi connectivity index (χ0v) is 21.5. The third-order valence-electron chi connectivity index (χ3n) is 4.91. The molecule has 2 saturated heterocycles. The summed E-state index contributed by atoms with van der Waals surface area (Å²) in [5, 5.41) is 19.0. The van der Waals surface area contributed by atoms with E-state index in [4.69, 9.17) is 10.6 Å². The van der Waals surface area contributed by atoms with E-state index in [1.54, 1.807) is 0 Å². The van der Waals surface area contributed by atoms with Gasteiger partial charge in [-0.1, -0.05) is 16.9 Å². The van der Waals surface area contributed by atoms with Gasteiger partial charge in [0.2, 0.25) is 0 Å². The number of nitrogens with two attached hydrogens (primary N) is 1. The van der Waals surface area contributed by atoms with Crippen LogP contribution in [0.25, 0.3) is 0 Å². The number of nitrogen functional groups attached to an aromatic ring is 1. The Morgan fingerprint density at radius 1 is 1.41 bits per heavy atom. The van der Waals surface area contributed by atoms with E-state index in [0.29, 0.717) is 24.2 Å². The van der Waals surface area contributed by atoms with Crippen molar-refractivity contribution in [2.24, 2.45) is 5.16 Å². The van der Waals surface area contributed by atoms with Crippen LogP contribution in [-0.4, -0.2) is 68.0 Å². The summed E-state index contributed by atoms with van der Waals surface area (Å²) in [5.74, 6) is -2.44. The quantitative estimate of drug-likeness (QED) is 0.168. The van der Waals surface area contributed by atoms with Crippen LogP contribution in [0.15, 0.2) is 21.8 Å². The molecule has 0 bridgehead atoms. The number of carboxylic acids is 1. The monoisotopic (exact) mass is 505 g/mol. The van der Waals surface area contributed by atoms with Gasteiger partial charge in [-0.05, 0) is 12.0 Å². The Labute approximate surface area is 216 Å². The van der Waals surface area contributed by atoms with E-state index in [9.17, 15) is 24.3 Å². The van der Waals surface area contributed by atoms with Gasteiger partial charge in [0.05, 0.1) is 11.7 Å². The summed E-state index contributed by atoms with van der Waals surface area (Å²) in [6, 6.07) is -0.954. The number of anilines is 1. The largest absolute Gasteiger partial charge is 1.00 e. The first-order valence-electron chi connectivity index (χ1n) is 9.03. The van der Waals surface area contributed by atoms with Crippen molar-refractivity contribution < 1.29 is 58.7 Å². The molecule has 3 atom stereocenters. The van der Waals surface area contributed by atoms with E-state index in [1.807, 2.05) is 0 Å². The third kappa shape index (κ3) is 4.56. The van der Waals surface area contributed by atoms with Gasteiger partial charge in [-0.25, -0.2) is 4.98 Å². The summed E-state index contributed by atoms with van der Waals surface area (Å²) in [7, 11) is 1.26. The molecule has 0 unspecified atom stereocenters. The smallest absolute Gasteiger partial charge is 0.543 e. The predicted molar refractivity (Wildman–Crippen MR) is 113 cm³/mol. The summed E-state index contributed by atoms with van der Waals surface area (Å²) in [5.41, 5.74) is 5.95. The summed E-state index contributed by atoms with van der Waals surface area (Å²) >= 11 is 3.52. The fraction of sp³-hybridized carbons (Fsp3) is 0.412. The molecule has 0 spiro atoms. The van der Waals surface area contributed by atoms with E-state index >= 15 is 0 Å². The summed E-state index contributed by atoms with van der Waals surface area (Å²) in [6.07, 6.45) is 0.888. The number of β-lactam (4-membered cyclic amide) rings is 1. The molecule has 1 aromatic heterocycles. The number of nitrogens with zero attached hydrogens (tertiary/aromatic N) is 3. The number of carboxylic acid groups (broad SMARTS) is 1. The van der Waals surface area contributed by atoms with Gasteiger partial charge in [0, 0.05) is 22.8 Å². The topological polar surface area (TPSA) is 167 Å². The fourth-order valence-electron chi connectivity index (χ4n) is 3.55. The molecule has 0 aromatic carbocycles. The molecular weight excluding hydrogens is 489 g/mol. The first kappa shape index (κ1) is 25.1. The standard InChI is InChI=1S/C17H17N5O6S3.Na/c1-28-21-10(7-5-30-17(18)19-7)13(24)20-11-14(25)22-12(16(26)27)6(4-29-15(11)22)8-2-3-9(23)31-8;/h5,8,11,15H,2-4H2,1H3,(H2,18,19)(H,20,24)(H,26,27);/q;+1/p-1/b21-10-;/t8-,11-,15-;/m1./s1. The molecule has 0 saturated carbocycles. The zero-order chi connectivity index (χ0) is 22.3. The number of carbonyl (C=O) groups is 4. The van der Waals surface area contributed by atoms with E-state index in [1.165, 1.54) is 24.3 Å². The minimum Gasteiger partial charge on any atom is -0.543 e. The fourth-order valence-corrected chi connectivity index (χ4v) is 6.75. The molecule has 2 amide bonds. The number of hydrogen-bond donors (Lipinski definition) is 2. The van der Waals surface area contributed by atoms with E-state index in [0.717, 1.165) is 28.0 Å². The molecule has 164 valence electrons. The van der Waals surface area contributed by atoms with Gasteiger partial charge < -0.3 is 25.8 Å².